The van der Waals surface area contributed by atoms with Gasteiger partial charge in [-0.25, -0.2) is 0 Å². The molecule has 26 heavy (non-hydrogen) atoms. The molecule has 0 aromatic carbocycles. The van der Waals surface area contributed by atoms with E-state index in [-0.39, 0.29) is 6.10 Å². The molecule has 1 aliphatic rings. The van der Waals surface area contributed by atoms with Crippen LogP contribution in [0.1, 0.15) is 38.2 Å². The largest absolute Gasteiger partial charge is 0.474 e. The van der Waals surface area contributed by atoms with Crippen molar-refractivity contribution in [3.8, 4) is 5.88 Å². The zero-order chi connectivity index (χ0) is 18.5. The van der Waals surface area contributed by atoms with Gasteiger partial charge in [0.05, 0.1) is 17.5 Å². The number of rotatable bonds is 7. The SMILES string of the molecule is CCN(CCOC)c1cc2ncc(C)cc2c(OC2CCC(N)CC2)n1. The number of nitrogens with zero attached hydrogens (tertiary/aromatic N) is 3. The molecule has 0 saturated heterocycles. The Morgan fingerprint density at radius 1 is 1.23 bits per heavy atom. The molecule has 0 bridgehead atoms. The highest BCUT2D eigenvalue weighted by Gasteiger charge is 2.22. The fourth-order valence-electron chi connectivity index (χ4n) is 3.44. The summed E-state index contributed by atoms with van der Waals surface area (Å²) in [6, 6.07) is 4.45. The fraction of sp³-hybridized carbons (Fsp3) is 0.600. The molecule has 2 aromatic heterocycles. The van der Waals surface area contributed by atoms with E-state index in [2.05, 4.69) is 22.9 Å². The maximum atomic E-state index is 6.35. The lowest BCUT2D eigenvalue weighted by molar-refractivity contribution is 0.143. The molecule has 0 aliphatic heterocycles. The topological polar surface area (TPSA) is 73.5 Å². The smallest absolute Gasteiger partial charge is 0.225 e. The first-order chi connectivity index (χ1) is 12.6. The van der Waals surface area contributed by atoms with Crippen molar-refractivity contribution in [3.05, 3.63) is 23.9 Å². The molecule has 1 saturated carbocycles. The first-order valence-corrected chi connectivity index (χ1v) is 9.54. The third kappa shape index (κ3) is 4.43. The summed E-state index contributed by atoms with van der Waals surface area (Å²) >= 11 is 0. The molecule has 0 amide bonds. The number of methoxy groups -OCH3 is 1. The highest BCUT2D eigenvalue weighted by molar-refractivity contribution is 5.86. The Morgan fingerprint density at radius 3 is 2.69 bits per heavy atom. The van der Waals surface area contributed by atoms with E-state index in [9.17, 15) is 0 Å². The van der Waals surface area contributed by atoms with Gasteiger partial charge < -0.3 is 20.1 Å². The molecular formula is C20H30N4O2. The number of ether oxygens (including phenoxy) is 2. The predicted octanol–water partition coefficient (Wildman–Crippen LogP) is 3.06. The highest BCUT2D eigenvalue weighted by atomic mass is 16.5. The maximum absolute atomic E-state index is 6.35. The first-order valence-electron chi connectivity index (χ1n) is 9.54. The summed E-state index contributed by atoms with van der Waals surface area (Å²) in [5, 5.41) is 0.978. The van der Waals surface area contributed by atoms with E-state index >= 15 is 0 Å². The van der Waals surface area contributed by atoms with Crippen LogP contribution in [0, 0.1) is 6.92 Å². The van der Waals surface area contributed by atoms with Crippen LogP contribution in [-0.4, -0.2) is 48.9 Å². The van der Waals surface area contributed by atoms with E-state index < -0.39 is 0 Å². The average molecular weight is 358 g/mol. The Bertz CT molecular complexity index is 729. The van der Waals surface area contributed by atoms with E-state index in [1.807, 2.05) is 19.2 Å². The molecule has 0 radical (unpaired) electrons. The molecule has 6 heteroatoms. The van der Waals surface area contributed by atoms with Gasteiger partial charge in [-0.2, -0.15) is 4.98 Å². The van der Waals surface area contributed by atoms with Crippen LogP contribution in [0.3, 0.4) is 0 Å². The molecule has 2 N–H and O–H groups in total. The van der Waals surface area contributed by atoms with Crippen LogP contribution in [-0.2, 0) is 4.74 Å². The molecule has 3 rings (SSSR count). The molecule has 2 aromatic rings. The molecule has 1 fully saturated rings. The van der Waals surface area contributed by atoms with E-state index in [4.69, 9.17) is 20.2 Å². The van der Waals surface area contributed by atoms with E-state index in [0.29, 0.717) is 18.5 Å². The summed E-state index contributed by atoms with van der Waals surface area (Å²) in [5.41, 5.74) is 8.05. The molecule has 0 spiro atoms. The Hall–Kier alpha value is -1.92. The second kappa shape index (κ2) is 8.64. The second-order valence-corrected chi connectivity index (χ2v) is 7.09. The van der Waals surface area contributed by atoms with Crippen molar-refractivity contribution in [2.24, 2.45) is 5.73 Å². The van der Waals surface area contributed by atoms with Crippen molar-refractivity contribution in [1.82, 2.24) is 9.97 Å². The van der Waals surface area contributed by atoms with E-state index in [1.165, 1.54) is 0 Å². The Kier molecular flexibility index (Phi) is 6.27. The lowest BCUT2D eigenvalue weighted by atomic mass is 9.94. The molecule has 0 unspecified atom stereocenters. The number of aryl methyl sites for hydroxylation is 1. The number of fused-ring (bicyclic) bond motifs is 1. The fourth-order valence-corrected chi connectivity index (χ4v) is 3.44. The monoisotopic (exact) mass is 358 g/mol. The predicted molar refractivity (Wildman–Crippen MR) is 105 cm³/mol. The van der Waals surface area contributed by atoms with Crippen LogP contribution in [0.2, 0.25) is 0 Å². The minimum Gasteiger partial charge on any atom is -0.474 e. The Balaban J connectivity index is 1.93. The zero-order valence-electron chi connectivity index (χ0n) is 16.1. The lowest BCUT2D eigenvalue weighted by Gasteiger charge is -2.28. The Labute approximate surface area is 155 Å². The van der Waals surface area contributed by atoms with Crippen LogP contribution in [0.4, 0.5) is 5.82 Å². The van der Waals surface area contributed by atoms with Crippen molar-refractivity contribution < 1.29 is 9.47 Å². The Morgan fingerprint density at radius 2 is 2.00 bits per heavy atom. The molecule has 0 atom stereocenters. The summed E-state index contributed by atoms with van der Waals surface area (Å²) in [7, 11) is 1.72. The summed E-state index contributed by atoms with van der Waals surface area (Å²) in [4.78, 5) is 11.7. The van der Waals surface area contributed by atoms with Crippen LogP contribution in [0.25, 0.3) is 10.9 Å². The van der Waals surface area contributed by atoms with Crippen molar-refractivity contribution in [2.75, 3.05) is 31.7 Å². The molecular weight excluding hydrogens is 328 g/mol. The average Bonchev–Trinajstić information content (AvgIpc) is 2.64. The minimum absolute atomic E-state index is 0.176. The van der Waals surface area contributed by atoms with Crippen molar-refractivity contribution in [3.63, 3.8) is 0 Å². The van der Waals surface area contributed by atoms with Crippen LogP contribution in [0.15, 0.2) is 18.3 Å². The third-order valence-corrected chi connectivity index (χ3v) is 5.04. The third-order valence-electron chi connectivity index (χ3n) is 5.04. The zero-order valence-corrected chi connectivity index (χ0v) is 16.1. The summed E-state index contributed by atoms with van der Waals surface area (Å²) in [6.45, 7) is 6.46. The van der Waals surface area contributed by atoms with E-state index in [1.54, 1.807) is 7.11 Å². The number of likely N-dealkylation sites (N-methyl/N-ethyl adjacent to an activating group) is 1. The van der Waals surface area contributed by atoms with Gasteiger partial charge in [-0.15, -0.1) is 0 Å². The standard InChI is InChI=1S/C20H30N4O2/c1-4-24(9-10-25-3)19-12-18-17(11-14(2)13-22-18)20(23-19)26-16-7-5-15(21)6-8-16/h11-13,15-16H,4-10,21H2,1-3H3. The van der Waals surface area contributed by atoms with Crippen LogP contribution in [0.5, 0.6) is 5.88 Å². The molecule has 142 valence electrons. The number of hydrogen-bond donors (Lipinski definition) is 1. The lowest BCUT2D eigenvalue weighted by Crippen LogP contribution is -2.32. The maximum Gasteiger partial charge on any atom is 0.225 e. The first kappa shape index (κ1) is 18.9. The van der Waals surface area contributed by atoms with Crippen molar-refractivity contribution >= 4 is 16.7 Å². The number of anilines is 1. The van der Waals surface area contributed by atoms with Crippen molar-refractivity contribution in [2.45, 2.75) is 51.7 Å². The second-order valence-electron chi connectivity index (χ2n) is 7.09. The van der Waals surface area contributed by atoms with Gasteiger partial charge in [0.15, 0.2) is 0 Å². The normalized spacial score (nSPS) is 20.3. The highest BCUT2D eigenvalue weighted by Crippen LogP contribution is 2.31. The van der Waals surface area contributed by atoms with Gasteiger partial charge in [-0.1, -0.05) is 0 Å². The number of hydrogen-bond acceptors (Lipinski definition) is 6. The van der Waals surface area contributed by atoms with E-state index in [0.717, 1.165) is 61.1 Å². The summed E-state index contributed by atoms with van der Waals surface area (Å²) in [5.74, 6) is 1.57. The van der Waals surface area contributed by atoms with Crippen LogP contribution < -0.4 is 15.4 Å². The molecule has 6 nitrogen and oxygen atoms in total. The summed E-state index contributed by atoms with van der Waals surface area (Å²) in [6.07, 6.45) is 6.05. The summed E-state index contributed by atoms with van der Waals surface area (Å²) < 4.78 is 11.6. The number of pyridine rings is 2. The van der Waals surface area contributed by atoms with Crippen molar-refractivity contribution in [1.29, 1.82) is 0 Å². The quantitative estimate of drug-likeness (QED) is 0.820. The van der Waals surface area contributed by atoms with Gasteiger partial charge in [-0.05, 0) is 51.2 Å². The van der Waals surface area contributed by atoms with Gasteiger partial charge in [0.1, 0.15) is 11.9 Å². The van der Waals surface area contributed by atoms with Gasteiger partial charge in [-0.3, -0.25) is 4.98 Å². The van der Waals surface area contributed by atoms with Gasteiger partial charge >= 0.3 is 0 Å². The molecule has 1 aliphatic carbocycles. The van der Waals surface area contributed by atoms with Crippen LogP contribution >= 0.6 is 0 Å². The van der Waals surface area contributed by atoms with Gasteiger partial charge in [0.25, 0.3) is 0 Å². The number of nitrogens with two attached hydrogens (primary N) is 1. The molecule has 2 heterocycles. The van der Waals surface area contributed by atoms with Gasteiger partial charge in [0, 0.05) is 38.5 Å². The van der Waals surface area contributed by atoms with Gasteiger partial charge in [0.2, 0.25) is 5.88 Å². The number of aromatic nitrogens is 2. The minimum atomic E-state index is 0.176.